The zero-order chi connectivity index (χ0) is 18.0. The molecule has 1 amide bonds. The molecule has 1 aliphatic heterocycles. The van der Waals surface area contributed by atoms with Gasteiger partial charge in [0.15, 0.2) is 5.82 Å². The molecule has 0 saturated heterocycles. The Bertz CT molecular complexity index is 824. The molecule has 2 aromatic heterocycles. The summed E-state index contributed by atoms with van der Waals surface area (Å²) in [4.78, 5) is 31.5. The Morgan fingerprint density at radius 3 is 3.00 bits per heavy atom. The molecule has 8 nitrogen and oxygen atoms in total. The molecule has 3 rings (SSSR count). The first-order valence-electron chi connectivity index (χ1n) is 8.43. The average molecular weight is 345 g/mol. The highest BCUT2D eigenvalue weighted by Gasteiger charge is 2.23. The van der Waals surface area contributed by atoms with E-state index >= 15 is 0 Å². The van der Waals surface area contributed by atoms with Crippen LogP contribution in [0, 0.1) is 0 Å². The quantitative estimate of drug-likeness (QED) is 0.841. The van der Waals surface area contributed by atoms with Crippen LogP contribution >= 0.6 is 0 Å². The summed E-state index contributed by atoms with van der Waals surface area (Å²) >= 11 is 0. The van der Waals surface area contributed by atoms with E-state index in [1.54, 1.807) is 13.2 Å². The van der Waals surface area contributed by atoms with E-state index < -0.39 is 0 Å². The number of carbonyl (C=O) groups is 1. The number of nitrogens with one attached hydrogen (secondary N) is 2. The molecule has 0 fully saturated rings. The summed E-state index contributed by atoms with van der Waals surface area (Å²) in [5.41, 5.74) is 0.878. The second-order valence-corrected chi connectivity index (χ2v) is 6.61. The number of hydrogen-bond donors (Lipinski definition) is 2. The van der Waals surface area contributed by atoms with Gasteiger partial charge in [0, 0.05) is 36.9 Å². The van der Waals surface area contributed by atoms with Crippen molar-refractivity contribution in [2.45, 2.75) is 51.8 Å². The maximum absolute atomic E-state index is 12.5. The van der Waals surface area contributed by atoms with Gasteiger partial charge in [0.05, 0.1) is 6.54 Å². The van der Waals surface area contributed by atoms with E-state index in [0.717, 1.165) is 24.4 Å². The van der Waals surface area contributed by atoms with Gasteiger partial charge in [-0.15, -0.1) is 0 Å². The normalized spacial score (nSPS) is 16.7. The van der Waals surface area contributed by atoms with Crippen molar-refractivity contribution < 1.29 is 9.53 Å². The molecule has 0 bridgehead atoms. The number of amides is 1. The summed E-state index contributed by atoms with van der Waals surface area (Å²) in [7, 11) is 1.61. The number of carbonyl (C=O) groups excluding carboxylic acids is 1. The molecule has 0 unspecified atom stereocenters. The number of aromatic nitrogens is 4. The molecule has 1 atom stereocenters. The van der Waals surface area contributed by atoms with E-state index in [0.29, 0.717) is 24.5 Å². The minimum atomic E-state index is -0.261. The van der Waals surface area contributed by atoms with Gasteiger partial charge in [-0.25, -0.2) is 9.67 Å². The third-order valence-electron chi connectivity index (χ3n) is 4.26. The van der Waals surface area contributed by atoms with Crippen molar-refractivity contribution in [3.8, 4) is 0 Å². The Morgan fingerprint density at radius 2 is 2.28 bits per heavy atom. The van der Waals surface area contributed by atoms with Crippen LogP contribution in [0.15, 0.2) is 16.9 Å². The Labute approximate surface area is 145 Å². The summed E-state index contributed by atoms with van der Waals surface area (Å²) in [6.45, 7) is 4.88. The second kappa shape index (κ2) is 7.18. The van der Waals surface area contributed by atoms with Crippen LogP contribution in [0.2, 0.25) is 0 Å². The van der Waals surface area contributed by atoms with Crippen molar-refractivity contribution in [1.29, 1.82) is 0 Å². The highest BCUT2D eigenvalue weighted by molar-refractivity contribution is 5.94. The number of methoxy groups -OCH3 is 1. The van der Waals surface area contributed by atoms with E-state index in [9.17, 15) is 9.59 Å². The van der Waals surface area contributed by atoms with Gasteiger partial charge >= 0.3 is 0 Å². The summed E-state index contributed by atoms with van der Waals surface area (Å²) in [5, 5.41) is 7.40. The van der Waals surface area contributed by atoms with Crippen LogP contribution in [0.1, 0.15) is 53.9 Å². The minimum absolute atomic E-state index is 0.0427. The van der Waals surface area contributed by atoms with Crippen LogP contribution in [0.4, 0.5) is 0 Å². The van der Waals surface area contributed by atoms with Crippen LogP contribution in [0.5, 0.6) is 0 Å². The molecule has 0 aliphatic carbocycles. The van der Waals surface area contributed by atoms with Crippen molar-refractivity contribution in [1.82, 2.24) is 25.1 Å². The van der Waals surface area contributed by atoms with Gasteiger partial charge in [-0.2, -0.15) is 5.10 Å². The van der Waals surface area contributed by atoms with Crippen LogP contribution in [0.25, 0.3) is 0 Å². The zero-order valence-corrected chi connectivity index (χ0v) is 14.7. The molecule has 8 heteroatoms. The Balaban J connectivity index is 1.70. The maximum Gasteiger partial charge on any atom is 0.251 e. The highest BCUT2D eigenvalue weighted by Crippen LogP contribution is 2.15. The van der Waals surface area contributed by atoms with Crippen LogP contribution in [-0.2, 0) is 24.3 Å². The van der Waals surface area contributed by atoms with Crippen molar-refractivity contribution >= 4 is 5.91 Å². The smallest absolute Gasteiger partial charge is 0.251 e. The van der Waals surface area contributed by atoms with Gasteiger partial charge in [0.25, 0.3) is 5.91 Å². The molecule has 0 radical (unpaired) electrons. The van der Waals surface area contributed by atoms with Gasteiger partial charge in [-0.1, -0.05) is 13.8 Å². The van der Waals surface area contributed by atoms with Crippen LogP contribution in [0.3, 0.4) is 0 Å². The predicted octanol–water partition coefficient (Wildman–Crippen LogP) is 0.981. The molecule has 3 heterocycles. The summed E-state index contributed by atoms with van der Waals surface area (Å²) in [6, 6.07) is 3.03. The molecule has 2 aromatic rings. The molecule has 25 heavy (non-hydrogen) atoms. The Kier molecular flexibility index (Phi) is 4.98. The Morgan fingerprint density at radius 1 is 1.48 bits per heavy atom. The molecule has 134 valence electrons. The van der Waals surface area contributed by atoms with Gasteiger partial charge in [-0.05, 0) is 18.4 Å². The SMILES string of the molecule is COCc1nc2n(n1)C[C@H](NC(=O)c1cc(C(C)C)[nH]c(=O)c1)CC2. The third-order valence-corrected chi connectivity index (χ3v) is 4.26. The maximum atomic E-state index is 12.5. The molecular formula is C17H23N5O3. The van der Waals surface area contributed by atoms with Crippen molar-refractivity contribution in [2.24, 2.45) is 0 Å². The molecule has 2 N–H and O–H groups in total. The second-order valence-electron chi connectivity index (χ2n) is 6.61. The van der Waals surface area contributed by atoms with Gasteiger partial charge < -0.3 is 15.0 Å². The lowest BCUT2D eigenvalue weighted by molar-refractivity contribution is 0.0925. The molecular weight excluding hydrogens is 322 g/mol. The number of pyridine rings is 1. The third kappa shape index (κ3) is 3.96. The lowest BCUT2D eigenvalue weighted by Crippen LogP contribution is -2.41. The highest BCUT2D eigenvalue weighted by atomic mass is 16.5. The number of ether oxygens (including phenoxy) is 1. The van der Waals surface area contributed by atoms with Gasteiger partial charge in [0.2, 0.25) is 5.56 Å². The lowest BCUT2D eigenvalue weighted by Gasteiger charge is -2.23. The molecule has 0 aromatic carbocycles. The van der Waals surface area contributed by atoms with E-state index in [-0.39, 0.29) is 23.4 Å². The topological polar surface area (TPSA) is 102 Å². The standard InChI is InChI=1S/C17H23N5O3/c1-10(2)13-6-11(7-16(23)19-13)17(24)18-12-4-5-15-20-14(9-25-3)21-22(15)8-12/h6-7,10,12H,4-5,8-9H2,1-3H3,(H,18,24)(H,19,23)/t12-/m1/s1. The minimum Gasteiger partial charge on any atom is -0.377 e. The average Bonchev–Trinajstić information content (AvgIpc) is 2.96. The van der Waals surface area contributed by atoms with Crippen molar-refractivity contribution in [2.75, 3.05) is 7.11 Å². The molecule has 0 saturated carbocycles. The van der Waals surface area contributed by atoms with E-state index in [1.807, 2.05) is 18.5 Å². The zero-order valence-electron chi connectivity index (χ0n) is 14.7. The summed E-state index contributed by atoms with van der Waals surface area (Å²) in [6.07, 6.45) is 1.53. The van der Waals surface area contributed by atoms with Gasteiger partial charge in [0.1, 0.15) is 12.4 Å². The monoisotopic (exact) mass is 345 g/mol. The van der Waals surface area contributed by atoms with Crippen molar-refractivity contribution in [3.05, 3.63) is 45.4 Å². The largest absolute Gasteiger partial charge is 0.377 e. The molecule has 0 spiro atoms. The van der Waals surface area contributed by atoms with Crippen molar-refractivity contribution in [3.63, 3.8) is 0 Å². The van der Waals surface area contributed by atoms with Crippen LogP contribution in [-0.4, -0.2) is 38.8 Å². The lowest BCUT2D eigenvalue weighted by atomic mass is 10.1. The first-order valence-corrected chi connectivity index (χ1v) is 8.43. The fourth-order valence-corrected chi connectivity index (χ4v) is 2.94. The molecule has 1 aliphatic rings. The fraction of sp³-hybridized carbons (Fsp3) is 0.529. The summed E-state index contributed by atoms with van der Waals surface area (Å²) < 4.78 is 6.88. The first kappa shape index (κ1) is 17.3. The number of aryl methyl sites for hydroxylation is 1. The Hall–Kier alpha value is -2.48. The number of fused-ring (bicyclic) bond motifs is 1. The first-order chi connectivity index (χ1) is 12.0. The van der Waals surface area contributed by atoms with E-state index in [2.05, 4.69) is 20.4 Å². The van der Waals surface area contributed by atoms with Crippen LogP contribution < -0.4 is 10.9 Å². The van der Waals surface area contributed by atoms with E-state index in [4.69, 9.17) is 4.74 Å². The number of hydrogen-bond acceptors (Lipinski definition) is 5. The number of rotatable bonds is 5. The number of nitrogens with zero attached hydrogens (tertiary/aromatic N) is 3. The van der Waals surface area contributed by atoms with E-state index in [1.165, 1.54) is 6.07 Å². The summed E-state index contributed by atoms with van der Waals surface area (Å²) in [5.74, 6) is 1.47. The number of H-pyrrole nitrogens is 1. The fourth-order valence-electron chi connectivity index (χ4n) is 2.94. The van der Waals surface area contributed by atoms with Gasteiger partial charge in [-0.3, -0.25) is 9.59 Å². The number of aromatic amines is 1. The predicted molar refractivity (Wildman–Crippen MR) is 91.5 cm³/mol.